The van der Waals surface area contributed by atoms with Crippen LogP contribution in [0.1, 0.15) is 24.8 Å². The molecule has 0 aliphatic carbocycles. The second-order valence-electron chi connectivity index (χ2n) is 4.11. The molecule has 0 atom stereocenters. The molecule has 1 rings (SSSR count). The molecule has 1 N–H and O–H groups in total. The molecule has 0 heterocycles. The van der Waals surface area contributed by atoms with Gasteiger partial charge in [-0.25, -0.2) is 4.39 Å². The summed E-state index contributed by atoms with van der Waals surface area (Å²) in [5.41, 5.74) is 0.743. The fourth-order valence-electron chi connectivity index (χ4n) is 1.67. The lowest BCUT2D eigenvalue weighted by Gasteiger charge is -2.16. The minimum atomic E-state index is -0.135. The molecule has 0 amide bonds. The quantitative estimate of drug-likeness (QED) is 0.720. The number of unbranched alkanes of at least 4 members (excludes halogenated alkanes) is 2. The van der Waals surface area contributed by atoms with Gasteiger partial charge in [0.2, 0.25) is 0 Å². The molecule has 1 aromatic carbocycles. The first-order chi connectivity index (χ1) is 7.74. The SMILES string of the molecule is CN(CCCCCO)Cc1ccccc1F. The van der Waals surface area contributed by atoms with Crippen LogP contribution in [0.4, 0.5) is 4.39 Å². The molecule has 0 aromatic heterocycles. The molecule has 0 aliphatic heterocycles. The van der Waals surface area contributed by atoms with Crippen molar-refractivity contribution in [3.63, 3.8) is 0 Å². The number of nitrogens with zero attached hydrogens (tertiary/aromatic N) is 1. The summed E-state index contributed by atoms with van der Waals surface area (Å²) in [4.78, 5) is 2.11. The smallest absolute Gasteiger partial charge is 0.127 e. The molecule has 0 spiro atoms. The third kappa shape index (κ3) is 4.73. The van der Waals surface area contributed by atoms with E-state index in [0.717, 1.165) is 31.4 Å². The van der Waals surface area contributed by atoms with Gasteiger partial charge in [-0.3, -0.25) is 0 Å². The summed E-state index contributed by atoms with van der Waals surface area (Å²) in [5, 5.41) is 8.64. The van der Waals surface area contributed by atoms with Crippen LogP contribution < -0.4 is 0 Å². The van der Waals surface area contributed by atoms with E-state index in [2.05, 4.69) is 4.90 Å². The van der Waals surface area contributed by atoms with E-state index in [1.54, 1.807) is 6.07 Å². The van der Waals surface area contributed by atoms with E-state index in [1.165, 1.54) is 6.07 Å². The van der Waals surface area contributed by atoms with Crippen molar-refractivity contribution in [3.8, 4) is 0 Å². The fraction of sp³-hybridized carbons (Fsp3) is 0.538. The highest BCUT2D eigenvalue weighted by atomic mass is 19.1. The first-order valence-electron chi connectivity index (χ1n) is 5.77. The Morgan fingerprint density at radius 1 is 1.19 bits per heavy atom. The summed E-state index contributed by atoms with van der Waals surface area (Å²) in [7, 11) is 1.99. The number of hydrogen-bond acceptors (Lipinski definition) is 2. The Hall–Kier alpha value is -0.930. The van der Waals surface area contributed by atoms with Crippen LogP contribution in [-0.2, 0) is 6.54 Å². The van der Waals surface area contributed by atoms with Gasteiger partial charge < -0.3 is 10.0 Å². The predicted octanol–water partition coefficient (Wildman–Crippen LogP) is 2.42. The summed E-state index contributed by atoms with van der Waals surface area (Å²) in [5.74, 6) is -0.135. The Labute approximate surface area is 96.7 Å². The topological polar surface area (TPSA) is 23.5 Å². The third-order valence-corrected chi connectivity index (χ3v) is 2.60. The molecular formula is C13H20FNO. The van der Waals surface area contributed by atoms with Crippen LogP contribution in [0.25, 0.3) is 0 Å². The highest BCUT2D eigenvalue weighted by molar-refractivity contribution is 5.16. The third-order valence-electron chi connectivity index (χ3n) is 2.60. The van der Waals surface area contributed by atoms with Gasteiger partial charge in [-0.05, 0) is 38.9 Å². The van der Waals surface area contributed by atoms with E-state index in [9.17, 15) is 4.39 Å². The molecule has 0 saturated carbocycles. The first-order valence-corrected chi connectivity index (χ1v) is 5.77. The highest BCUT2D eigenvalue weighted by Crippen LogP contribution is 2.09. The second kappa shape index (κ2) is 7.36. The zero-order valence-corrected chi connectivity index (χ0v) is 9.82. The molecular weight excluding hydrogens is 205 g/mol. The number of benzene rings is 1. The van der Waals surface area contributed by atoms with Crippen molar-refractivity contribution >= 4 is 0 Å². The van der Waals surface area contributed by atoms with Gasteiger partial charge >= 0.3 is 0 Å². The van der Waals surface area contributed by atoms with Gasteiger partial charge in [0, 0.05) is 18.7 Å². The lowest BCUT2D eigenvalue weighted by Crippen LogP contribution is -2.19. The zero-order chi connectivity index (χ0) is 11.8. The minimum absolute atomic E-state index is 0.135. The summed E-state index contributed by atoms with van der Waals surface area (Å²) >= 11 is 0. The standard InChI is InChI=1S/C13H20FNO/c1-15(9-5-2-6-10-16)11-12-7-3-4-8-13(12)14/h3-4,7-8,16H,2,5-6,9-11H2,1H3. The average Bonchev–Trinajstić information content (AvgIpc) is 2.28. The van der Waals surface area contributed by atoms with Crippen molar-refractivity contribution in [1.29, 1.82) is 0 Å². The van der Waals surface area contributed by atoms with Gasteiger partial charge in [0.05, 0.1) is 0 Å². The van der Waals surface area contributed by atoms with Gasteiger partial charge in [0.1, 0.15) is 5.82 Å². The molecule has 0 saturated heterocycles. The monoisotopic (exact) mass is 225 g/mol. The lowest BCUT2D eigenvalue weighted by molar-refractivity contribution is 0.270. The van der Waals surface area contributed by atoms with E-state index < -0.39 is 0 Å². The van der Waals surface area contributed by atoms with Crippen LogP contribution in [-0.4, -0.2) is 30.2 Å². The normalized spacial score (nSPS) is 11.0. The molecule has 2 nitrogen and oxygen atoms in total. The van der Waals surface area contributed by atoms with E-state index >= 15 is 0 Å². The second-order valence-corrected chi connectivity index (χ2v) is 4.11. The molecule has 0 aliphatic rings. The van der Waals surface area contributed by atoms with Crippen LogP contribution in [0.3, 0.4) is 0 Å². The molecule has 0 bridgehead atoms. The van der Waals surface area contributed by atoms with Crippen LogP contribution >= 0.6 is 0 Å². The summed E-state index contributed by atoms with van der Waals surface area (Å²) < 4.78 is 13.3. The Bertz CT molecular complexity index is 304. The summed E-state index contributed by atoms with van der Waals surface area (Å²) in [6.07, 6.45) is 2.93. The number of rotatable bonds is 7. The molecule has 0 fully saturated rings. The van der Waals surface area contributed by atoms with Crippen molar-refractivity contribution in [2.45, 2.75) is 25.8 Å². The van der Waals surface area contributed by atoms with Crippen LogP contribution in [0, 0.1) is 5.82 Å². The molecule has 1 aromatic rings. The molecule has 0 unspecified atom stereocenters. The van der Waals surface area contributed by atoms with Gasteiger partial charge in [-0.15, -0.1) is 0 Å². The maximum Gasteiger partial charge on any atom is 0.127 e. The van der Waals surface area contributed by atoms with Gasteiger partial charge in [-0.2, -0.15) is 0 Å². The van der Waals surface area contributed by atoms with Crippen molar-refractivity contribution in [3.05, 3.63) is 35.6 Å². The van der Waals surface area contributed by atoms with Crippen LogP contribution in [0.15, 0.2) is 24.3 Å². The van der Waals surface area contributed by atoms with Gasteiger partial charge in [0.15, 0.2) is 0 Å². The maximum atomic E-state index is 13.3. The first kappa shape index (κ1) is 13.1. The minimum Gasteiger partial charge on any atom is -0.396 e. The highest BCUT2D eigenvalue weighted by Gasteiger charge is 2.04. The summed E-state index contributed by atoms with van der Waals surface area (Å²) in [6, 6.07) is 6.88. The lowest BCUT2D eigenvalue weighted by atomic mass is 10.2. The van der Waals surface area contributed by atoms with Gasteiger partial charge in [0.25, 0.3) is 0 Å². The molecule has 0 radical (unpaired) electrons. The Balaban J connectivity index is 2.28. The Kier molecular flexibility index (Phi) is 6.04. The number of hydrogen-bond donors (Lipinski definition) is 1. The van der Waals surface area contributed by atoms with Crippen LogP contribution in [0.2, 0.25) is 0 Å². The number of aliphatic hydroxyl groups is 1. The molecule has 16 heavy (non-hydrogen) atoms. The van der Waals surface area contributed by atoms with Crippen molar-refractivity contribution < 1.29 is 9.50 Å². The number of aliphatic hydroxyl groups excluding tert-OH is 1. The summed E-state index contributed by atoms with van der Waals surface area (Å²) in [6.45, 7) is 1.84. The Morgan fingerprint density at radius 2 is 1.94 bits per heavy atom. The average molecular weight is 225 g/mol. The van der Waals surface area contributed by atoms with Crippen molar-refractivity contribution in [2.24, 2.45) is 0 Å². The molecule has 90 valence electrons. The zero-order valence-electron chi connectivity index (χ0n) is 9.82. The maximum absolute atomic E-state index is 13.3. The van der Waals surface area contributed by atoms with Crippen molar-refractivity contribution in [2.75, 3.05) is 20.2 Å². The Morgan fingerprint density at radius 3 is 2.62 bits per heavy atom. The van der Waals surface area contributed by atoms with Gasteiger partial charge in [-0.1, -0.05) is 18.2 Å². The van der Waals surface area contributed by atoms with E-state index in [4.69, 9.17) is 5.11 Å². The molecule has 3 heteroatoms. The largest absolute Gasteiger partial charge is 0.396 e. The predicted molar refractivity (Wildman–Crippen MR) is 63.7 cm³/mol. The van der Waals surface area contributed by atoms with E-state index in [-0.39, 0.29) is 12.4 Å². The number of halogens is 1. The fourth-order valence-corrected chi connectivity index (χ4v) is 1.67. The van der Waals surface area contributed by atoms with Crippen molar-refractivity contribution in [1.82, 2.24) is 4.90 Å². The van der Waals surface area contributed by atoms with E-state index in [1.807, 2.05) is 19.2 Å². The van der Waals surface area contributed by atoms with E-state index in [0.29, 0.717) is 6.54 Å². The van der Waals surface area contributed by atoms with Crippen LogP contribution in [0.5, 0.6) is 0 Å².